The number of para-hydroxylation sites is 1. The Bertz CT molecular complexity index is 889. The smallest absolute Gasteiger partial charge is 0.269 e. The Morgan fingerprint density at radius 2 is 1.92 bits per heavy atom. The molecule has 1 aliphatic heterocycles. The third-order valence-electron chi connectivity index (χ3n) is 5.08. The lowest BCUT2D eigenvalue weighted by Gasteiger charge is -2.38. The van der Waals surface area contributed by atoms with Crippen molar-refractivity contribution in [3.63, 3.8) is 0 Å². The maximum absolute atomic E-state index is 11.5. The molecule has 2 aromatic rings. The average molecular weight is 335 g/mol. The summed E-state index contributed by atoms with van der Waals surface area (Å²) in [6.45, 7) is 0. The van der Waals surface area contributed by atoms with Crippen molar-refractivity contribution in [1.29, 1.82) is 0 Å². The largest absolute Gasteiger partial charge is 0.545 e. The number of nitrogens with one attached hydrogen (secondary N) is 1. The number of fused-ring (bicyclic) bond motifs is 3. The van der Waals surface area contributed by atoms with Gasteiger partial charge in [0.1, 0.15) is 0 Å². The summed E-state index contributed by atoms with van der Waals surface area (Å²) < 4.78 is 0. The third kappa shape index (κ3) is 2.46. The van der Waals surface area contributed by atoms with E-state index in [4.69, 9.17) is 0 Å². The number of carboxylic acids is 1. The summed E-state index contributed by atoms with van der Waals surface area (Å²) in [7, 11) is 0. The molecule has 0 fully saturated rings. The van der Waals surface area contributed by atoms with Crippen molar-refractivity contribution < 1.29 is 14.8 Å². The third-order valence-corrected chi connectivity index (χ3v) is 5.08. The maximum atomic E-state index is 11.5. The van der Waals surface area contributed by atoms with Crippen LogP contribution in [0.2, 0.25) is 0 Å². The number of carbonyl (C=O) groups excluding carboxylic acids is 1. The van der Waals surface area contributed by atoms with Gasteiger partial charge in [0, 0.05) is 29.3 Å². The Kier molecular flexibility index (Phi) is 3.53. The van der Waals surface area contributed by atoms with E-state index >= 15 is 0 Å². The summed E-state index contributed by atoms with van der Waals surface area (Å²) in [5.41, 5.74) is 2.63. The van der Waals surface area contributed by atoms with E-state index in [1.807, 2.05) is 6.07 Å². The molecule has 126 valence electrons. The Balaban J connectivity index is 1.78. The lowest BCUT2D eigenvalue weighted by molar-refractivity contribution is -0.384. The fourth-order valence-corrected chi connectivity index (χ4v) is 3.92. The van der Waals surface area contributed by atoms with Gasteiger partial charge in [-0.05, 0) is 23.5 Å². The van der Waals surface area contributed by atoms with Gasteiger partial charge in [0.2, 0.25) is 0 Å². The van der Waals surface area contributed by atoms with E-state index in [-0.39, 0.29) is 29.1 Å². The molecule has 1 aliphatic carbocycles. The van der Waals surface area contributed by atoms with Crippen LogP contribution in [0.1, 0.15) is 39.9 Å². The number of carboxylic acid groups (broad SMARTS) is 1. The molecule has 0 saturated carbocycles. The van der Waals surface area contributed by atoms with Gasteiger partial charge in [-0.3, -0.25) is 10.1 Å². The molecule has 2 aromatic carbocycles. The maximum Gasteiger partial charge on any atom is 0.269 e. The molecule has 1 heterocycles. The normalized spacial score (nSPS) is 23.4. The van der Waals surface area contributed by atoms with Crippen LogP contribution in [0.5, 0.6) is 0 Å². The number of non-ortho nitro benzene ring substituents is 1. The highest BCUT2D eigenvalue weighted by Crippen LogP contribution is 2.50. The molecule has 0 aromatic heterocycles. The molecule has 3 atom stereocenters. The molecule has 4 rings (SSSR count). The highest BCUT2D eigenvalue weighted by Gasteiger charge is 2.38. The minimum Gasteiger partial charge on any atom is -0.545 e. The molecule has 0 saturated heterocycles. The lowest BCUT2D eigenvalue weighted by atomic mass is 9.76. The number of anilines is 1. The first kappa shape index (κ1) is 15.4. The van der Waals surface area contributed by atoms with Crippen molar-refractivity contribution in [3.05, 3.63) is 81.4 Å². The molecule has 0 bridgehead atoms. The van der Waals surface area contributed by atoms with Crippen molar-refractivity contribution >= 4 is 17.3 Å². The molecular formula is C19H15N2O4-. The monoisotopic (exact) mass is 335 g/mol. The van der Waals surface area contributed by atoms with Gasteiger partial charge in [0.05, 0.1) is 16.9 Å². The summed E-state index contributed by atoms with van der Waals surface area (Å²) in [4.78, 5) is 21.9. The first-order valence-corrected chi connectivity index (χ1v) is 8.08. The second-order valence-corrected chi connectivity index (χ2v) is 6.38. The van der Waals surface area contributed by atoms with Gasteiger partial charge in [-0.1, -0.05) is 42.5 Å². The summed E-state index contributed by atoms with van der Waals surface area (Å²) in [6.07, 6.45) is 5.09. The molecule has 1 N–H and O–H groups in total. The van der Waals surface area contributed by atoms with Crippen LogP contribution in [0.3, 0.4) is 0 Å². The van der Waals surface area contributed by atoms with E-state index in [0.29, 0.717) is 5.69 Å². The van der Waals surface area contributed by atoms with Gasteiger partial charge < -0.3 is 15.2 Å². The zero-order valence-corrected chi connectivity index (χ0v) is 13.2. The van der Waals surface area contributed by atoms with Crippen molar-refractivity contribution in [2.45, 2.75) is 18.4 Å². The van der Waals surface area contributed by atoms with E-state index in [0.717, 1.165) is 17.5 Å². The van der Waals surface area contributed by atoms with E-state index in [9.17, 15) is 20.0 Å². The number of hydrogen-bond donors (Lipinski definition) is 1. The van der Waals surface area contributed by atoms with Crippen molar-refractivity contribution in [2.75, 3.05) is 5.32 Å². The fourth-order valence-electron chi connectivity index (χ4n) is 3.92. The van der Waals surface area contributed by atoms with E-state index < -0.39 is 10.9 Å². The van der Waals surface area contributed by atoms with Crippen molar-refractivity contribution in [3.8, 4) is 0 Å². The van der Waals surface area contributed by atoms with E-state index in [2.05, 4.69) is 17.5 Å². The number of rotatable bonds is 3. The summed E-state index contributed by atoms with van der Waals surface area (Å²) in [5.74, 6) is -0.853. The highest BCUT2D eigenvalue weighted by molar-refractivity contribution is 5.94. The number of allylic oxidation sites excluding steroid dienone is 2. The van der Waals surface area contributed by atoms with Crippen LogP contribution in [0.4, 0.5) is 11.4 Å². The number of benzene rings is 2. The van der Waals surface area contributed by atoms with Crippen LogP contribution < -0.4 is 10.4 Å². The van der Waals surface area contributed by atoms with Crippen LogP contribution in [0.15, 0.2) is 54.6 Å². The summed E-state index contributed by atoms with van der Waals surface area (Å²) in [6, 6.07) is 11.5. The molecule has 3 unspecified atom stereocenters. The summed E-state index contributed by atoms with van der Waals surface area (Å²) in [5, 5.41) is 25.7. The minimum absolute atomic E-state index is 0.0384. The Morgan fingerprint density at radius 1 is 1.16 bits per heavy atom. The second kappa shape index (κ2) is 5.73. The highest BCUT2D eigenvalue weighted by atomic mass is 16.6. The number of nitrogens with zero attached hydrogens (tertiary/aromatic N) is 1. The standard InChI is InChI=1S/C19H16N2O4/c22-19(23)16-6-2-5-15-13-3-1-4-14(13)17(20-18(15)16)11-7-9-12(10-8-11)21(24)25/h1-3,5-10,13-14,17,20H,4H2,(H,22,23)/p-1. The van der Waals surface area contributed by atoms with Gasteiger partial charge in [0.15, 0.2) is 0 Å². The zero-order valence-electron chi connectivity index (χ0n) is 13.2. The van der Waals surface area contributed by atoms with Gasteiger partial charge in [-0.2, -0.15) is 0 Å². The molecule has 6 heteroatoms. The molecule has 2 aliphatic rings. The van der Waals surface area contributed by atoms with Crippen molar-refractivity contribution in [1.82, 2.24) is 0 Å². The molecule has 0 radical (unpaired) electrons. The minimum atomic E-state index is -1.22. The Labute approximate surface area is 144 Å². The molecule has 0 amide bonds. The first-order valence-electron chi connectivity index (χ1n) is 8.08. The topological polar surface area (TPSA) is 95.3 Å². The van der Waals surface area contributed by atoms with Crippen LogP contribution >= 0.6 is 0 Å². The fraction of sp³-hybridized carbons (Fsp3) is 0.211. The van der Waals surface area contributed by atoms with Gasteiger partial charge in [-0.15, -0.1) is 0 Å². The number of nitro groups is 1. The van der Waals surface area contributed by atoms with Gasteiger partial charge in [-0.25, -0.2) is 0 Å². The quantitative estimate of drug-likeness (QED) is 0.529. The Hall–Kier alpha value is -3.15. The van der Waals surface area contributed by atoms with E-state index in [1.54, 1.807) is 18.2 Å². The number of carbonyl (C=O) groups is 1. The van der Waals surface area contributed by atoms with Crippen LogP contribution in [-0.4, -0.2) is 10.9 Å². The lowest BCUT2D eigenvalue weighted by Crippen LogP contribution is -2.32. The summed E-state index contributed by atoms with van der Waals surface area (Å²) >= 11 is 0. The van der Waals surface area contributed by atoms with Crippen LogP contribution in [0, 0.1) is 16.0 Å². The second-order valence-electron chi connectivity index (χ2n) is 6.38. The molecule has 0 spiro atoms. The molecule has 25 heavy (non-hydrogen) atoms. The van der Waals surface area contributed by atoms with E-state index in [1.165, 1.54) is 18.2 Å². The molecule has 6 nitrogen and oxygen atoms in total. The van der Waals surface area contributed by atoms with Gasteiger partial charge >= 0.3 is 0 Å². The average Bonchev–Trinajstić information content (AvgIpc) is 3.10. The molecular weight excluding hydrogens is 320 g/mol. The first-order chi connectivity index (χ1) is 12.1. The number of hydrogen-bond acceptors (Lipinski definition) is 5. The van der Waals surface area contributed by atoms with Gasteiger partial charge in [0.25, 0.3) is 5.69 Å². The van der Waals surface area contributed by atoms with Crippen LogP contribution in [0.25, 0.3) is 0 Å². The SMILES string of the molecule is O=C([O-])c1cccc2c1NC(c1ccc([N+](=O)[O-])cc1)C1CC=CC21. The van der Waals surface area contributed by atoms with Crippen LogP contribution in [-0.2, 0) is 0 Å². The zero-order chi connectivity index (χ0) is 17.6. The number of aromatic carboxylic acids is 1. The predicted octanol–water partition coefficient (Wildman–Crippen LogP) is 2.78. The Morgan fingerprint density at radius 3 is 2.60 bits per heavy atom. The van der Waals surface area contributed by atoms with Crippen molar-refractivity contribution in [2.24, 2.45) is 5.92 Å². The predicted molar refractivity (Wildman–Crippen MR) is 90.2 cm³/mol. The number of nitro benzene ring substituents is 1.